The molecule has 0 bridgehead atoms. The summed E-state index contributed by atoms with van der Waals surface area (Å²) in [5.74, 6) is 0.125. The van der Waals surface area contributed by atoms with Gasteiger partial charge >= 0.3 is 0 Å². The van der Waals surface area contributed by atoms with E-state index in [9.17, 15) is 5.11 Å². The summed E-state index contributed by atoms with van der Waals surface area (Å²) in [6.45, 7) is 3.88. The molecule has 2 rings (SSSR count). The number of aliphatic imine (C=N–C) groups is 2. The van der Waals surface area contributed by atoms with Crippen molar-refractivity contribution in [2.24, 2.45) is 9.98 Å². The molecule has 21 heavy (non-hydrogen) atoms. The van der Waals surface area contributed by atoms with Crippen molar-refractivity contribution in [3.05, 3.63) is 65.0 Å². The molecule has 1 aromatic carbocycles. The SMILES string of the molecule is C=N/C=C\C/N=C1/SC=C(c2ccccc2)/C1=C(\O)NC. The summed E-state index contributed by atoms with van der Waals surface area (Å²) in [4.78, 5) is 8.12. The molecule has 1 aliphatic heterocycles. The van der Waals surface area contributed by atoms with Gasteiger partial charge in [0, 0.05) is 18.8 Å². The Balaban J connectivity index is 2.33. The summed E-state index contributed by atoms with van der Waals surface area (Å²) in [7, 11) is 1.69. The number of allylic oxidation sites excluding steroid dienone is 1. The van der Waals surface area contributed by atoms with Crippen molar-refractivity contribution in [1.29, 1.82) is 0 Å². The van der Waals surface area contributed by atoms with E-state index in [-0.39, 0.29) is 5.88 Å². The van der Waals surface area contributed by atoms with Crippen LogP contribution in [0.2, 0.25) is 0 Å². The first-order valence-electron chi connectivity index (χ1n) is 6.47. The highest BCUT2D eigenvalue weighted by Gasteiger charge is 2.24. The molecule has 0 radical (unpaired) electrons. The number of benzene rings is 1. The second-order valence-corrected chi connectivity index (χ2v) is 5.06. The van der Waals surface area contributed by atoms with Crippen LogP contribution in [0.4, 0.5) is 0 Å². The minimum Gasteiger partial charge on any atom is -0.494 e. The van der Waals surface area contributed by atoms with Crippen LogP contribution >= 0.6 is 11.8 Å². The fourth-order valence-electron chi connectivity index (χ4n) is 1.91. The van der Waals surface area contributed by atoms with E-state index in [1.54, 1.807) is 13.2 Å². The van der Waals surface area contributed by atoms with Gasteiger partial charge in [-0.2, -0.15) is 0 Å². The highest BCUT2D eigenvalue weighted by Crippen LogP contribution is 2.38. The number of nitrogens with one attached hydrogen (secondary N) is 1. The van der Waals surface area contributed by atoms with Crippen LogP contribution in [0.5, 0.6) is 0 Å². The van der Waals surface area contributed by atoms with Gasteiger partial charge in [-0.15, -0.1) is 0 Å². The quantitative estimate of drug-likeness (QED) is 0.647. The second kappa shape index (κ2) is 7.50. The van der Waals surface area contributed by atoms with E-state index in [1.165, 1.54) is 11.8 Å². The number of aliphatic hydroxyl groups excluding tert-OH is 1. The smallest absolute Gasteiger partial charge is 0.194 e. The van der Waals surface area contributed by atoms with E-state index >= 15 is 0 Å². The van der Waals surface area contributed by atoms with Crippen molar-refractivity contribution >= 4 is 29.1 Å². The minimum atomic E-state index is 0.125. The lowest BCUT2D eigenvalue weighted by atomic mass is 10.0. The van der Waals surface area contributed by atoms with Crippen molar-refractivity contribution in [3.8, 4) is 0 Å². The monoisotopic (exact) mass is 299 g/mol. The molecule has 1 heterocycles. The maximum atomic E-state index is 10.1. The number of hydrogen-bond donors (Lipinski definition) is 2. The summed E-state index contributed by atoms with van der Waals surface area (Å²) < 4.78 is 0. The average molecular weight is 299 g/mol. The fourth-order valence-corrected chi connectivity index (χ4v) is 2.86. The topological polar surface area (TPSA) is 57.0 Å². The molecule has 0 amide bonds. The van der Waals surface area contributed by atoms with Crippen molar-refractivity contribution in [1.82, 2.24) is 5.32 Å². The highest BCUT2D eigenvalue weighted by molar-refractivity contribution is 8.17. The van der Waals surface area contributed by atoms with E-state index in [2.05, 4.69) is 22.0 Å². The first kappa shape index (κ1) is 15.1. The fraction of sp³-hybridized carbons (Fsp3) is 0.125. The van der Waals surface area contributed by atoms with E-state index < -0.39 is 0 Å². The third kappa shape index (κ3) is 3.64. The normalized spacial score (nSPS) is 18.9. The van der Waals surface area contributed by atoms with E-state index in [0.717, 1.165) is 21.8 Å². The Bertz CT molecular complexity index is 630. The number of nitrogens with zero attached hydrogens (tertiary/aromatic N) is 2. The van der Waals surface area contributed by atoms with Crippen LogP contribution in [-0.4, -0.2) is 30.5 Å². The summed E-state index contributed by atoms with van der Waals surface area (Å²) >= 11 is 1.51. The van der Waals surface area contributed by atoms with Crippen molar-refractivity contribution < 1.29 is 5.11 Å². The summed E-state index contributed by atoms with van der Waals surface area (Å²) in [6, 6.07) is 9.94. The lowest BCUT2D eigenvalue weighted by molar-refractivity contribution is 0.374. The van der Waals surface area contributed by atoms with E-state index in [0.29, 0.717) is 6.54 Å². The van der Waals surface area contributed by atoms with Gasteiger partial charge in [-0.3, -0.25) is 9.98 Å². The van der Waals surface area contributed by atoms with Gasteiger partial charge < -0.3 is 10.4 Å². The Morgan fingerprint density at radius 1 is 1.38 bits per heavy atom. The Hall–Kier alpha value is -2.27. The van der Waals surface area contributed by atoms with Gasteiger partial charge in [0.1, 0.15) is 5.04 Å². The van der Waals surface area contributed by atoms with Crippen molar-refractivity contribution in [3.63, 3.8) is 0 Å². The molecule has 0 atom stereocenters. The van der Waals surface area contributed by atoms with Crippen LogP contribution in [0, 0.1) is 0 Å². The molecule has 0 aromatic heterocycles. The molecule has 5 heteroatoms. The number of aliphatic hydroxyl groups is 1. The largest absolute Gasteiger partial charge is 0.494 e. The summed E-state index contributed by atoms with van der Waals surface area (Å²) in [5.41, 5.74) is 2.75. The minimum absolute atomic E-state index is 0.125. The number of thioether (sulfide) groups is 1. The van der Waals surface area contributed by atoms with Crippen molar-refractivity contribution in [2.75, 3.05) is 13.6 Å². The Labute approximate surface area is 128 Å². The molecule has 1 aliphatic rings. The maximum Gasteiger partial charge on any atom is 0.194 e. The predicted molar refractivity (Wildman–Crippen MR) is 91.7 cm³/mol. The van der Waals surface area contributed by atoms with Gasteiger partial charge in [-0.1, -0.05) is 42.1 Å². The Morgan fingerprint density at radius 3 is 2.81 bits per heavy atom. The lowest BCUT2D eigenvalue weighted by Crippen LogP contribution is -2.12. The van der Waals surface area contributed by atoms with Crippen LogP contribution in [0.15, 0.2) is 69.5 Å². The zero-order valence-corrected chi connectivity index (χ0v) is 12.6. The van der Waals surface area contributed by atoms with Gasteiger partial charge in [0.25, 0.3) is 0 Å². The van der Waals surface area contributed by atoms with Gasteiger partial charge in [0.15, 0.2) is 5.88 Å². The third-order valence-corrected chi connectivity index (χ3v) is 3.79. The number of hydrogen-bond acceptors (Lipinski definition) is 5. The Kier molecular flexibility index (Phi) is 5.40. The highest BCUT2D eigenvalue weighted by atomic mass is 32.2. The lowest BCUT2D eigenvalue weighted by Gasteiger charge is -2.09. The third-order valence-electron chi connectivity index (χ3n) is 2.88. The molecule has 0 aliphatic carbocycles. The van der Waals surface area contributed by atoms with Gasteiger partial charge in [-0.25, -0.2) is 0 Å². The zero-order valence-electron chi connectivity index (χ0n) is 11.8. The van der Waals surface area contributed by atoms with Crippen LogP contribution in [0.25, 0.3) is 5.57 Å². The van der Waals surface area contributed by atoms with Gasteiger partial charge in [0.2, 0.25) is 0 Å². The maximum absolute atomic E-state index is 10.1. The standard InChI is InChI=1S/C16H17N3OS/c1-17-9-6-10-19-16-14(15(20)18-2)13(11-21-16)12-7-4-3-5-8-12/h3-9,11,18,20H,1,10H2,2H3/b9-6-,15-14+,19-16+. The molecule has 0 spiro atoms. The Morgan fingerprint density at radius 2 is 2.14 bits per heavy atom. The first-order valence-corrected chi connectivity index (χ1v) is 7.35. The molecule has 2 N–H and O–H groups in total. The number of rotatable bonds is 5. The first-order chi connectivity index (χ1) is 10.3. The summed E-state index contributed by atoms with van der Waals surface area (Å²) in [5, 5.41) is 15.7. The molecule has 1 aromatic rings. The average Bonchev–Trinajstić information content (AvgIpc) is 2.95. The van der Waals surface area contributed by atoms with Crippen LogP contribution in [0.1, 0.15) is 5.56 Å². The van der Waals surface area contributed by atoms with Crippen LogP contribution in [0.3, 0.4) is 0 Å². The van der Waals surface area contributed by atoms with Crippen molar-refractivity contribution in [2.45, 2.75) is 0 Å². The predicted octanol–water partition coefficient (Wildman–Crippen LogP) is 3.38. The van der Waals surface area contributed by atoms with E-state index in [1.807, 2.05) is 41.8 Å². The summed E-state index contributed by atoms with van der Waals surface area (Å²) in [6.07, 6.45) is 3.42. The molecule has 0 fully saturated rings. The molecular formula is C16H17N3OS. The molecule has 0 unspecified atom stereocenters. The van der Waals surface area contributed by atoms with Crippen LogP contribution in [-0.2, 0) is 0 Å². The zero-order chi connectivity index (χ0) is 15.1. The van der Waals surface area contributed by atoms with Gasteiger partial charge in [-0.05, 0) is 23.8 Å². The van der Waals surface area contributed by atoms with E-state index in [4.69, 9.17) is 0 Å². The van der Waals surface area contributed by atoms with Crippen LogP contribution < -0.4 is 5.32 Å². The van der Waals surface area contributed by atoms with Gasteiger partial charge in [0.05, 0.1) is 12.1 Å². The molecule has 0 saturated carbocycles. The molecule has 4 nitrogen and oxygen atoms in total. The second-order valence-electron chi connectivity index (χ2n) is 4.20. The molecule has 0 saturated heterocycles. The molecule has 108 valence electrons. The molecular weight excluding hydrogens is 282 g/mol.